The van der Waals surface area contributed by atoms with E-state index in [1.807, 2.05) is 18.2 Å². The van der Waals surface area contributed by atoms with E-state index in [1.54, 1.807) is 0 Å². The van der Waals surface area contributed by atoms with E-state index in [0.29, 0.717) is 11.1 Å². The van der Waals surface area contributed by atoms with Crippen LogP contribution in [0.3, 0.4) is 0 Å². The van der Waals surface area contributed by atoms with Crippen LogP contribution in [-0.2, 0) is 18.5 Å². The lowest BCUT2D eigenvalue weighted by atomic mass is 9.99. The molecule has 2 nitrogen and oxygen atoms in total. The van der Waals surface area contributed by atoms with Crippen molar-refractivity contribution >= 4 is 49.5 Å². The Kier molecular flexibility index (Phi) is 5.43. The van der Waals surface area contributed by atoms with E-state index in [1.165, 1.54) is 16.5 Å². The predicted octanol–water partition coefficient (Wildman–Crippen LogP) is 5.74. The molecule has 0 bridgehead atoms. The molecule has 3 atom stereocenters. The van der Waals surface area contributed by atoms with Crippen molar-refractivity contribution < 1.29 is 4.42 Å². The molecule has 1 aromatic heterocycles. The van der Waals surface area contributed by atoms with Gasteiger partial charge in [-0.2, -0.15) is 0 Å². The Hall–Kier alpha value is -1.58. The molecule has 27 heavy (non-hydrogen) atoms. The number of rotatable bonds is 4. The van der Waals surface area contributed by atoms with Crippen LogP contribution >= 0.6 is 27.7 Å². The summed E-state index contributed by atoms with van der Waals surface area (Å²) in [4.78, 5) is 12.7. The Balaban J connectivity index is 1.91. The van der Waals surface area contributed by atoms with Crippen molar-refractivity contribution in [2.45, 2.75) is 18.5 Å². The smallest absolute Gasteiger partial charge is 0.344 e. The summed E-state index contributed by atoms with van der Waals surface area (Å²) >= 11 is 0. The molecule has 4 rings (SSSR count). The molecule has 0 N–H and O–H groups in total. The third-order valence-corrected chi connectivity index (χ3v) is 6.29. The minimum Gasteiger partial charge on any atom is -0.422 e. The minimum absolute atomic E-state index is 0.293. The van der Waals surface area contributed by atoms with Gasteiger partial charge in [0.1, 0.15) is 5.58 Å². The zero-order valence-electron chi connectivity index (χ0n) is 14.9. The van der Waals surface area contributed by atoms with Crippen molar-refractivity contribution in [1.29, 1.82) is 0 Å². The van der Waals surface area contributed by atoms with E-state index in [0.717, 1.165) is 40.4 Å². The van der Waals surface area contributed by atoms with Gasteiger partial charge in [-0.1, -0.05) is 36.4 Å². The van der Waals surface area contributed by atoms with Crippen molar-refractivity contribution in [2.75, 3.05) is 0 Å². The molecule has 0 spiro atoms. The zero-order chi connectivity index (χ0) is 19.0. The highest BCUT2D eigenvalue weighted by molar-refractivity contribution is 7.15. The fourth-order valence-electron chi connectivity index (χ4n) is 3.43. The Bertz CT molecular complexity index is 1210. The molecule has 0 saturated heterocycles. The van der Waals surface area contributed by atoms with E-state index in [-0.39, 0.29) is 5.63 Å². The summed E-state index contributed by atoms with van der Waals surface area (Å²) < 4.78 is 5.70. The highest BCUT2D eigenvalue weighted by Crippen LogP contribution is 2.29. The standard InChI is InChI=1S/C22H21O2P3/c23-22-20(9-19-18(12-27)6-14(11-26)7-21(19)24-22)17-4-3-15-5-13(10-25)1-2-16(15)8-17/h1-9H,10-12,25-27H2. The van der Waals surface area contributed by atoms with Crippen LogP contribution in [-0.4, -0.2) is 0 Å². The van der Waals surface area contributed by atoms with Crippen LogP contribution in [0.5, 0.6) is 0 Å². The summed E-state index contributed by atoms with van der Waals surface area (Å²) in [7, 11) is 8.23. The first-order valence-electron chi connectivity index (χ1n) is 8.86. The lowest BCUT2D eigenvalue weighted by Gasteiger charge is -2.09. The fraction of sp³-hybridized carbons (Fsp3) is 0.136. The first-order chi connectivity index (χ1) is 13.1. The first-order valence-corrected chi connectivity index (χ1v) is 11.3. The van der Waals surface area contributed by atoms with Crippen molar-refractivity contribution in [3.63, 3.8) is 0 Å². The maximum absolute atomic E-state index is 12.7. The molecule has 136 valence electrons. The maximum Gasteiger partial charge on any atom is 0.344 e. The normalized spacial score (nSPS) is 11.4. The maximum atomic E-state index is 12.7. The lowest BCUT2D eigenvalue weighted by molar-refractivity contribution is 0.563. The predicted molar refractivity (Wildman–Crippen MR) is 126 cm³/mol. The van der Waals surface area contributed by atoms with Crippen molar-refractivity contribution in [1.82, 2.24) is 0 Å². The van der Waals surface area contributed by atoms with E-state index >= 15 is 0 Å². The third-order valence-electron chi connectivity index (χ3n) is 4.91. The summed E-state index contributed by atoms with van der Waals surface area (Å²) in [6, 6.07) is 18.7. The molecule has 3 aromatic carbocycles. The van der Waals surface area contributed by atoms with Gasteiger partial charge >= 0.3 is 5.63 Å². The molecule has 0 aliphatic heterocycles. The Labute approximate surface area is 165 Å². The first kappa shape index (κ1) is 18.8. The van der Waals surface area contributed by atoms with Gasteiger partial charge in [0.25, 0.3) is 0 Å². The van der Waals surface area contributed by atoms with Gasteiger partial charge in [0, 0.05) is 5.39 Å². The topological polar surface area (TPSA) is 30.2 Å². The number of fused-ring (bicyclic) bond motifs is 2. The molecule has 4 aromatic rings. The van der Waals surface area contributed by atoms with Gasteiger partial charge in [-0.15, -0.1) is 27.7 Å². The van der Waals surface area contributed by atoms with Gasteiger partial charge in [0.05, 0.1) is 5.56 Å². The van der Waals surface area contributed by atoms with Crippen LogP contribution in [0.4, 0.5) is 0 Å². The van der Waals surface area contributed by atoms with E-state index < -0.39 is 0 Å². The largest absolute Gasteiger partial charge is 0.422 e. The van der Waals surface area contributed by atoms with E-state index in [2.05, 4.69) is 64.1 Å². The minimum atomic E-state index is -0.293. The van der Waals surface area contributed by atoms with Crippen LogP contribution < -0.4 is 5.63 Å². The van der Waals surface area contributed by atoms with Crippen LogP contribution in [0.1, 0.15) is 16.7 Å². The summed E-state index contributed by atoms with van der Waals surface area (Å²) in [6.07, 6.45) is 2.59. The van der Waals surface area contributed by atoms with Crippen LogP contribution in [0.25, 0.3) is 32.9 Å². The van der Waals surface area contributed by atoms with Gasteiger partial charge in [-0.25, -0.2) is 4.79 Å². The van der Waals surface area contributed by atoms with Gasteiger partial charge < -0.3 is 4.42 Å². The van der Waals surface area contributed by atoms with Crippen molar-refractivity contribution in [3.05, 3.63) is 81.7 Å². The van der Waals surface area contributed by atoms with Gasteiger partial charge in [-0.3, -0.25) is 0 Å². The highest BCUT2D eigenvalue weighted by Gasteiger charge is 2.12. The molecule has 0 aliphatic rings. The highest BCUT2D eigenvalue weighted by atomic mass is 31.0. The van der Waals surface area contributed by atoms with Crippen molar-refractivity contribution in [2.24, 2.45) is 0 Å². The zero-order valence-corrected chi connectivity index (χ0v) is 18.3. The lowest BCUT2D eigenvalue weighted by Crippen LogP contribution is -2.04. The average Bonchev–Trinajstić information content (AvgIpc) is 2.71. The summed E-state index contributed by atoms with van der Waals surface area (Å²) in [5.74, 6) is 0. The SMILES string of the molecule is O=c1oc2cc(CP)cc(CP)c2cc1-c1ccc2cc(CP)ccc2c1. The van der Waals surface area contributed by atoms with Gasteiger partial charge in [-0.05, 0) is 69.7 Å². The van der Waals surface area contributed by atoms with Crippen LogP contribution in [0, 0.1) is 0 Å². The molecule has 5 heteroatoms. The third kappa shape index (κ3) is 3.60. The van der Waals surface area contributed by atoms with Gasteiger partial charge in [0.15, 0.2) is 0 Å². The van der Waals surface area contributed by atoms with Crippen LogP contribution in [0.15, 0.2) is 63.8 Å². The van der Waals surface area contributed by atoms with Gasteiger partial charge in [0.2, 0.25) is 0 Å². The Morgan fingerprint density at radius 3 is 2.22 bits per heavy atom. The summed E-state index contributed by atoms with van der Waals surface area (Å²) in [6.45, 7) is 0. The molecule has 0 amide bonds. The number of hydrogen-bond donors (Lipinski definition) is 0. The Morgan fingerprint density at radius 2 is 1.48 bits per heavy atom. The molecule has 1 heterocycles. The second-order valence-electron chi connectivity index (χ2n) is 6.62. The van der Waals surface area contributed by atoms with E-state index in [9.17, 15) is 4.79 Å². The Morgan fingerprint density at radius 1 is 0.741 bits per heavy atom. The molecular formula is C22H21O2P3. The molecular weight excluding hydrogens is 389 g/mol. The molecule has 0 radical (unpaired) electrons. The molecule has 0 saturated carbocycles. The fourth-order valence-corrected chi connectivity index (χ4v) is 4.26. The second kappa shape index (κ2) is 7.81. The summed E-state index contributed by atoms with van der Waals surface area (Å²) in [5, 5.41) is 3.30. The molecule has 3 unspecified atom stereocenters. The second-order valence-corrected chi connectivity index (χ2v) is 7.85. The monoisotopic (exact) mass is 410 g/mol. The summed E-state index contributed by atoms with van der Waals surface area (Å²) in [5.41, 5.74) is 5.47. The number of hydrogen-bond acceptors (Lipinski definition) is 2. The van der Waals surface area contributed by atoms with Crippen LogP contribution in [0.2, 0.25) is 0 Å². The number of benzene rings is 3. The molecule has 0 fully saturated rings. The van der Waals surface area contributed by atoms with E-state index in [4.69, 9.17) is 4.42 Å². The van der Waals surface area contributed by atoms with Crippen molar-refractivity contribution in [3.8, 4) is 11.1 Å². The molecule has 0 aliphatic carbocycles. The average molecular weight is 410 g/mol. The quantitative estimate of drug-likeness (QED) is 0.317.